The van der Waals surface area contributed by atoms with Crippen LogP contribution in [0.4, 0.5) is 4.79 Å². The maximum atomic E-state index is 12.2. The molecule has 0 aliphatic carbocycles. The van der Waals surface area contributed by atoms with Crippen LogP contribution in [0.3, 0.4) is 0 Å². The van der Waals surface area contributed by atoms with E-state index in [0.29, 0.717) is 29.5 Å². The highest BCUT2D eigenvalue weighted by atomic mass is 79.9. The van der Waals surface area contributed by atoms with Gasteiger partial charge in [-0.3, -0.25) is 0 Å². The first kappa shape index (κ1) is 17.5. The number of ether oxygens (including phenoxy) is 1. The molecule has 7 heteroatoms. The third kappa shape index (κ3) is 4.83. The normalized spacial score (nSPS) is 21.7. The number of nitrogens with one attached hydrogen (secondary N) is 1. The molecule has 22 heavy (non-hydrogen) atoms. The quantitative estimate of drug-likeness (QED) is 0.628. The molecule has 2 heterocycles. The molecule has 1 aliphatic rings. The average Bonchev–Trinajstić information content (AvgIpc) is 2.45. The predicted octanol–water partition coefficient (Wildman–Crippen LogP) is 3.77. The highest BCUT2D eigenvalue weighted by molar-refractivity contribution is 9.10. The minimum absolute atomic E-state index is 0.0132. The zero-order valence-electron chi connectivity index (χ0n) is 12.8. The number of hydrogen-bond donors (Lipinski definition) is 1. The van der Waals surface area contributed by atoms with Crippen molar-refractivity contribution in [2.24, 2.45) is 0 Å². The first-order chi connectivity index (χ1) is 10.5. The van der Waals surface area contributed by atoms with Crippen LogP contribution in [0.5, 0.6) is 0 Å². The predicted molar refractivity (Wildman–Crippen MR) is 90.1 cm³/mol. The number of amides is 1. The molecule has 0 radical (unpaired) electrons. The molecule has 1 fully saturated rings. The Kier molecular flexibility index (Phi) is 6.47. The molecule has 1 aliphatic heterocycles. The largest absolute Gasteiger partial charge is 0.449 e. The second-order valence-electron chi connectivity index (χ2n) is 5.54. The van der Waals surface area contributed by atoms with Gasteiger partial charge < -0.3 is 15.0 Å². The second kappa shape index (κ2) is 8.13. The average molecular weight is 391 g/mol. The van der Waals surface area contributed by atoms with Crippen LogP contribution >= 0.6 is 27.5 Å². The lowest BCUT2D eigenvalue weighted by Crippen LogP contribution is -2.53. The van der Waals surface area contributed by atoms with Gasteiger partial charge in [0.05, 0.1) is 12.6 Å². The molecular formula is C15H21BrClN3O2. The van der Waals surface area contributed by atoms with Crippen LogP contribution in [0.15, 0.2) is 16.7 Å². The summed E-state index contributed by atoms with van der Waals surface area (Å²) in [6, 6.07) is 3.94. The van der Waals surface area contributed by atoms with Crippen LogP contribution < -0.4 is 5.32 Å². The van der Waals surface area contributed by atoms with Crippen molar-refractivity contribution in [3.8, 4) is 0 Å². The fourth-order valence-corrected chi connectivity index (χ4v) is 3.28. The summed E-state index contributed by atoms with van der Waals surface area (Å²) in [4.78, 5) is 18.0. The summed E-state index contributed by atoms with van der Waals surface area (Å²) in [5, 5.41) is 3.91. The first-order valence-corrected chi connectivity index (χ1v) is 8.67. The Balaban J connectivity index is 2.05. The van der Waals surface area contributed by atoms with Crippen LogP contribution in [0.1, 0.15) is 38.3 Å². The molecule has 5 nitrogen and oxygen atoms in total. The van der Waals surface area contributed by atoms with Crippen LogP contribution in [0.25, 0.3) is 0 Å². The summed E-state index contributed by atoms with van der Waals surface area (Å²) < 4.78 is 6.00. The Labute approximate surface area is 144 Å². The number of carbonyl (C=O) groups excluding carboxylic acids is 1. The van der Waals surface area contributed by atoms with E-state index in [-0.39, 0.29) is 18.2 Å². The maximum absolute atomic E-state index is 12.2. The summed E-state index contributed by atoms with van der Waals surface area (Å²) >= 11 is 9.37. The Morgan fingerprint density at radius 3 is 3.00 bits per heavy atom. The molecule has 1 aromatic heterocycles. The number of piperazine rings is 1. The number of pyridine rings is 1. The van der Waals surface area contributed by atoms with E-state index < -0.39 is 0 Å². The van der Waals surface area contributed by atoms with E-state index in [2.05, 4.69) is 40.1 Å². The summed E-state index contributed by atoms with van der Waals surface area (Å²) in [5.41, 5.74) is 1.00. The number of nitrogens with zero attached hydrogens (tertiary/aromatic N) is 2. The van der Waals surface area contributed by atoms with Crippen LogP contribution in [0.2, 0.25) is 5.15 Å². The number of halogens is 2. The molecule has 1 saturated heterocycles. The van der Waals surface area contributed by atoms with Crippen molar-refractivity contribution in [2.75, 3.05) is 19.7 Å². The van der Waals surface area contributed by atoms with Gasteiger partial charge in [-0.15, -0.1) is 0 Å². The van der Waals surface area contributed by atoms with Crippen molar-refractivity contribution in [3.63, 3.8) is 0 Å². The monoisotopic (exact) mass is 389 g/mol. The van der Waals surface area contributed by atoms with E-state index in [1.807, 2.05) is 12.1 Å². The zero-order chi connectivity index (χ0) is 16.1. The van der Waals surface area contributed by atoms with Gasteiger partial charge in [0.25, 0.3) is 0 Å². The lowest BCUT2D eigenvalue weighted by atomic mass is 10.0. The van der Waals surface area contributed by atoms with Crippen molar-refractivity contribution in [2.45, 2.75) is 38.8 Å². The van der Waals surface area contributed by atoms with Crippen molar-refractivity contribution in [3.05, 3.63) is 27.5 Å². The number of aromatic nitrogens is 1. The van der Waals surface area contributed by atoms with Gasteiger partial charge in [0.15, 0.2) is 0 Å². The molecule has 2 rings (SSSR count). The molecular weight excluding hydrogens is 370 g/mol. The van der Waals surface area contributed by atoms with E-state index >= 15 is 0 Å². The molecule has 0 unspecified atom stereocenters. The molecule has 0 spiro atoms. The van der Waals surface area contributed by atoms with Crippen molar-refractivity contribution >= 4 is 33.6 Å². The summed E-state index contributed by atoms with van der Waals surface area (Å²) in [7, 11) is 0. The Morgan fingerprint density at radius 1 is 1.55 bits per heavy atom. The lowest BCUT2D eigenvalue weighted by molar-refractivity contribution is 0.0817. The summed E-state index contributed by atoms with van der Waals surface area (Å²) in [6.45, 7) is 5.80. The molecule has 122 valence electrons. The highest BCUT2D eigenvalue weighted by Crippen LogP contribution is 2.24. The number of unbranched alkanes of at least 4 members (excludes halogenated alkanes) is 1. The minimum atomic E-state index is -0.244. The molecule has 0 bridgehead atoms. The fourth-order valence-electron chi connectivity index (χ4n) is 2.50. The van der Waals surface area contributed by atoms with Gasteiger partial charge in [0.2, 0.25) is 0 Å². The Bertz CT molecular complexity index is 509. The van der Waals surface area contributed by atoms with Gasteiger partial charge in [-0.1, -0.05) is 24.9 Å². The van der Waals surface area contributed by atoms with Crippen molar-refractivity contribution in [1.29, 1.82) is 0 Å². The van der Waals surface area contributed by atoms with E-state index in [0.717, 1.165) is 18.4 Å². The van der Waals surface area contributed by atoms with Crippen LogP contribution in [-0.4, -0.2) is 41.7 Å². The maximum Gasteiger partial charge on any atom is 0.409 e. The molecule has 1 aromatic rings. The summed E-state index contributed by atoms with van der Waals surface area (Å²) in [6.07, 6.45) is 1.66. The SMILES string of the molecule is CCCCOC(=O)N1C[C@@H](C)N[C@H](c2cc(Cl)nc(Br)c2)C1. The summed E-state index contributed by atoms with van der Waals surface area (Å²) in [5.74, 6) is 0. The number of rotatable bonds is 4. The second-order valence-corrected chi connectivity index (χ2v) is 6.74. The first-order valence-electron chi connectivity index (χ1n) is 7.50. The molecule has 1 amide bonds. The van der Waals surface area contributed by atoms with Crippen molar-refractivity contribution < 1.29 is 9.53 Å². The van der Waals surface area contributed by atoms with Crippen LogP contribution in [-0.2, 0) is 4.74 Å². The van der Waals surface area contributed by atoms with E-state index in [4.69, 9.17) is 16.3 Å². The van der Waals surface area contributed by atoms with Gasteiger partial charge in [0.1, 0.15) is 9.76 Å². The van der Waals surface area contributed by atoms with Gasteiger partial charge >= 0.3 is 6.09 Å². The molecule has 1 N–H and O–H groups in total. The Hall–Kier alpha value is -0.850. The van der Waals surface area contributed by atoms with E-state index in [1.54, 1.807) is 4.90 Å². The third-order valence-corrected chi connectivity index (χ3v) is 4.15. The fraction of sp³-hybridized carbons (Fsp3) is 0.600. The Morgan fingerprint density at radius 2 is 2.32 bits per heavy atom. The minimum Gasteiger partial charge on any atom is -0.449 e. The van der Waals surface area contributed by atoms with Crippen molar-refractivity contribution in [1.82, 2.24) is 15.2 Å². The van der Waals surface area contributed by atoms with Gasteiger partial charge in [-0.2, -0.15) is 0 Å². The van der Waals surface area contributed by atoms with E-state index in [9.17, 15) is 4.79 Å². The number of hydrogen-bond acceptors (Lipinski definition) is 4. The van der Waals surface area contributed by atoms with Gasteiger partial charge in [-0.25, -0.2) is 9.78 Å². The van der Waals surface area contributed by atoms with Gasteiger partial charge in [0, 0.05) is 19.1 Å². The molecule has 0 aromatic carbocycles. The number of carbonyl (C=O) groups is 1. The van der Waals surface area contributed by atoms with Gasteiger partial charge in [-0.05, 0) is 47.0 Å². The molecule has 2 atom stereocenters. The van der Waals surface area contributed by atoms with Crippen LogP contribution in [0, 0.1) is 0 Å². The smallest absolute Gasteiger partial charge is 0.409 e. The standard InChI is InChI=1S/C15H21BrClN3O2/c1-3-4-5-22-15(21)20-8-10(2)18-12(9-20)11-6-13(16)19-14(17)7-11/h6-7,10,12,18H,3-5,8-9H2,1-2H3/t10-,12+/m1/s1. The lowest BCUT2D eigenvalue weighted by Gasteiger charge is -2.37. The topological polar surface area (TPSA) is 54.5 Å². The third-order valence-electron chi connectivity index (χ3n) is 3.55. The molecule has 0 saturated carbocycles. The highest BCUT2D eigenvalue weighted by Gasteiger charge is 2.29. The van der Waals surface area contributed by atoms with E-state index in [1.165, 1.54) is 0 Å². The zero-order valence-corrected chi connectivity index (χ0v) is 15.2.